The van der Waals surface area contributed by atoms with Gasteiger partial charge in [-0.3, -0.25) is 0 Å². The van der Waals surface area contributed by atoms with Crippen molar-refractivity contribution < 1.29 is 9.90 Å². The number of amides is 1. The van der Waals surface area contributed by atoms with E-state index in [0.29, 0.717) is 11.8 Å². The first-order chi connectivity index (χ1) is 4.79. The van der Waals surface area contributed by atoms with Crippen LogP contribution < -0.4 is 10.6 Å². The van der Waals surface area contributed by atoms with E-state index in [1.807, 2.05) is 0 Å². The number of hydrogen-bond donors (Lipinski definition) is 3. The van der Waals surface area contributed by atoms with Crippen LogP contribution in [0.1, 0.15) is 0 Å². The highest BCUT2D eigenvalue weighted by Gasteiger charge is 2.53. The second-order valence-corrected chi connectivity index (χ2v) is 2.96. The lowest BCUT2D eigenvalue weighted by Gasteiger charge is -2.02. The summed E-state index contributed by atoms with van der Waals surface area (Å²) in [5, 5.41) is 14.0. The van der Waals surface area contributed by atoms with Crippen LogP contribution in [0.25, 0.3) is 0 Å². The largest absolute Gasteiger partial charge is 0.465 e. The fourth-order valence-corrected chi connectivity index (χ4v) is 1.78. The van der Waals surface area contributed by atoms with Gasteiger partial charge in [0.05, 0.1) is 0 Å². The molecule has 0 aromatic heterocycles. The quantitative estimate of drug-likeness (QED) is 0.461. The van der Waals surface area contributed by atoms with E-state index in [0.717, 1.165) is 13.1 Å². The molecule has 3 N–H and O–H groups in total. The molecule has 1 aliphatic heterocycles. The van der Waals surface area contributed by atoms with Crippen LogP contribution in [-0.4, -0.2) is 30.3 Å². The van der Waals surface area contributed by atoms with Crippen molar-refractivity contribution in [3.05, 3.63) is 0 Å². The molecule has 1 saturated heterocycles. The summed E-state index contributed by atoms with van der Waals surface area (Å²) in [5.74, 6) is 1.16. The van der Waals surface area contributed by atoms with Crippen molar-refractivity contribution >= 4 is 6.09 Å². The van der Waals surface area contributed by atoms with Crippen molar-refractivity contribution in [3.63, 3.8) is 0 Å². The molecule has 1 saturated carbocycles. The van der Waals surface area contributed by atoms with Gasteiger partial charge in [-0.1, -0.05) is 0 Å². The van der Waals surface area contributed by atoms with Crippen LogP contribution in [0.2, 0.25) is 0 Å². The van der Waals surface area contributed by atoms with Gasteiger partial charge in [0.2, 0.25) is 0 Å². The molecule has 0 radical (unpaired) electrons. The Morgan fingerprint density at radius 1 is 1.50 bits per heavy atom. The summed E-state index contributed by atoms with van der Waals surface area (Å²) < 4.78 is 0. The van der Waals surface area contributed by atoms with E-state index in [1.165, 1.54) is 0 Å². The van der Waals surface area contributed by atoms with Crippen LogP contribution >= 0.6 is 0 Å². The van der Waals surface area contributed by atoms with Gasteiger partial charge in [-0.25, -0.2) is 4.79 Å². The van der Waals surface area contributed by atoms with E-state index in [1.54, 1.807) is 0 Å². The molecule has 2 aliphatic rings. The van der Waals surface area contributed by atoms with E-state index in [4.69, 9.17) is 5.11 Å². The van der Waals surface area contributed by atoms with Crippen LogP contribution in [0, 0.1) is 11.8 Å². The summed E-state index contributed by atoms with van der Waals surface area (Å²) in [5.41, 5.74) is 0. The van der Waals surface area contributed by atoms with E-state index in [-0.39, 0.29) is 6.04 Å². The molecule has 0 aromatic rings. The summed E-state index contributed by atoms with van der Waals surface area (Å²) in [6.07, 6.45) is -0.889. The Labute approximate surface area is 58.6 Å². The third-order valence-corrected chi connectivity index (χ3v) is 2.38. The van der Waals surface area contributed by atoms with E-state index in [9.17, 15) is 4.79 Å². The van der Waals surface area contributed by atoms with Gasteiger partial charge >= 0.3 is 6.09 Å². The molecular formula is C6H10N2O2. The highest BCUT2D eigenvalue weighted by molar-refractivity contribution is 5.65. The van der Waals surface area contributed by atoms with Crippen molar-refractivity contribution in [2.45, 2.75) is 6.04 Å². The normalized spacial score (nSPS) is 42.6. The van der Waals surface area contributed by atoms with Crippen LogP contribution in [0.15, 0.2) is 0 Å². The molecule has 2 rings (SSSR count). The zero-order valence-corrected chi connectivity index (χ0v) is 5.50. The maximum atomic E-state index is 10.1. The molecule has 4 nitrogen and oxygen atoms in total. The van der Waals surface area contributed by atoms with Gasteiger partial charge in [-0.15, -0.1) is 0 Å². The van der Waals surface area contributed by atoms with Gasteiger partial charge < -0.3 is 15.7 Å². The summed E-state index contributed by atoms with van der Waals surface area (Å²) >= 11 is 0. The lowest BCUT2D eigenvalue weighted by atomic mass is 10.4. The maximum absolute atomic E-state index is 10.1. The van der Waals surface area contributed by atoms with E-state index in [2.05, 4.69) is 10.6 Å². The Hall–Kier alpha value is -0.770. The number of hydrogen-bond acceptors (Lipinski definition) is 2. The molecule has 10 heavy (non-hydrogen) atoms. The highest BCUT2D eigenvalue weighted by atomic mass is 16.4. The van der Waals surface area contributed by atoms with Crippen LogP contribution in [0.5, 0.6) is 0 Å². The Kier molecular flexibility index (Phi) is 1.11. The molecule has 56 valence electrons. The molecule has 1 aliphatic carbocycles. The van der Waals surface area contributed by atoms with Gasteiger partial charge in [0.25, 0.3) is 0 Å². The second kappa shape index (κ2) is 1.85. The fraction of sp³-hybridized carbons (Fsp3) is 0.833. The smallest absolute Gasteiger partial charge is 0.404 e. The zero-order valence-electron chi connectivity index (χ0n) is 5.50. The monoisotopic (exact) mass is 142 g/mol. The summed E-state index contributed by atoms with van der Waals surface area (Å²) in [6.45, 7) is 1.96. The highest BCUT2D eigenvalue weighted by Crippen LogP contribution is 2.41. The predicted octanol–water partition coefficient (Wildman–Crippen LogP) is -0.528. The SMILES string of the molecule is O=C(O)NC1C2CNC[C@H]21. The Morgan fingerprint density at radius 2 is 2.10 bits per heavy atom. The zero-order chi connectivity index (χ0) is 7.14. The Morgan fingerprint density at radius 3 is 2.60 bits per heavy atom. The lowest BCUT2D eigenvalue weighted by molar-refractivity contribution is 0.192. The first kappa shape index (κ1) is 5.97. The van der Waals surface area contributed by atoms with E-state index < -0.39 is 6.09 Å². The first-order valence-corrected chi connectivity index (χ1v) is 3.49. The van der Waals surface area contributed by atoms with Gasteiger partial charge in [0.15, 0.2) is 0 Å². The average molecular weight is 142 g/mol. The lowest BCUT2D eigenvalue weighted by Crippen LogP contribution is -2.31. The molecule has 0 bridgehead atoms. The van der Waals surface area contributed by atoms with Gasteiger partial charge in [-0.05, 0) is 11.8 Å². The van der Waals surface area contributed by atoms with E-state index >= 15 is 0 Å². The number of rotatable bonds is 1. The molecule has 4 heteroatoms. The van der Waals surface area contributed by atoms with Crippen LogP contribution in [0.4, 0.5) is 4.79 Å². The minimum atomic E-state index is -0.889. The molecule has 3 atom stereocenters. The van der Waals surface area contributed by atoms with Gasteiger partial charge in [0.1, 0.15) is 0 Å². The number of nitrogens with one attached hydrogen (secondary N) is 2. The average Bonchev–Trinajstić information content (AvgIpc) is 2.40. The van der Waals surface area contributed by atoms with Gasteiger partial charge in [-0.2, -0.15) is 0 Å². The third kappa shape index (κ3) is 0.759. The molecule has 2 unspecified atom stereocenters. The van der Waals surface area contributed by atoms with Crippen molar-refractivity contribution in [3.8, 4) is 0 Å². The molecule has 1 heterocycles. The topological polar surface area (TPSA) is 61.4 Å². The Bertz CT molecular complexity index is 161. The van der Waals surface area contributed by atoms with Crippen molar-refractivity contribution in [2.24, 2.45) is 11.8 Å². The minimum Gasteiger partial charge on any atom is -0.465 e. The predicted molar refractivity (Wildman–Crippen MR) is 34.8 cm³/mol. The second-order valence-electron chi connectivity index (χ2n) is 2.96. The molecular weight excluding hydrogens is 132 g/mol. The first-order valence-electron chi connectivity index (χ1n) is 3.49. The third-order valence-electron chi connectivity index (χ3n) is 2.38. The molecule has 1 amide bonds. The van der Waals surface area contributed by atoms with Crippen molar-refractivity contribution in [1.29, 1.82) is 0 Å². The van der Waals surface area contributed by atoms with Gasteiger partial charge in [0, 0.05) is 19.1 Å². The summed E-state index contributed by atoms with van der Waals surface area (Å²) in [4.78, 5) is 10.1. The minimum absolute atomic E-state index is 0.249. The number of fused-ring (bicyclic) bond motifs is 1. The van der Waals surface area contributed by atoms with Crippen LogP contribution in [0.3, 0.4) is 0 Å². The van der Waals surface area contributed by atoms with Crippen molar-refractivity contribution in [1.82, 2.24) is 10.6 Å². The fourth-order valence-electron chi connectivity index (χ4n) is 1.78. The number of carboxylic acid groups (broad SMARTS) is 1. The maximum Gasteiger partial charge on any atom is 0.404 e. The molecule has 2 fully saturated rings. The standard InChI is InChI=1S/C6H10N2O2/c9-6(10)8-5-3-1-7-2-4(3)5/h3-5,7-8H,1-2H2,(H,9,10)/t3-,4?,5?/m1/s1. The van der Waals surface area contributed by atoms with Crippen LogP contribution in [-0.2, 0) is 0 Å². The number of piperidine rings is 1. The van der Waals surface area contributed by atoms with Crippen molar-refractivity contribution in [2.75, 3.05) is 13.1 Å². The summed E-state index contributed by atoms with van der Waals surface area (Å²) in [7, 11) is 0. The molecule has 0 aromatic carbocycles. The molecule has 0 spiro atoms. The summed E-state index contributed by atoms with van der Waals surface area (Å²) in [6, 6.07) is 0.249. The number of carbonyl (C=O) groups is 1. The Balaban J connectivity index is 1.84.